The van der Waals surface area contributed by atoms with E-state index in [-0.39, 0.29) is 11.9 Å². The van der Waals surface area contributed by atoms with Gasteiger partial charge < -0.3 is 10.6 Å². The number of nitrogens with zero attached hydrogens (tertiary/aromatic N) is 1. The van der Waals surface area contributed by atoms with Gasteiger partial charge in [-0.3, -0.25) is 4.79 Å². The second-order valence-corrected chi connectivity index (χ2v) is 5.47. The summed E-state index contributed by atoms with van der Waals surface area (Å²) >= 11 is 0. The van der Waals surface area contributed by atoms with Gasteiger partial charge in [-0.2, -0.15) is 0 Å². The lowest BCUT2D eigenvalue weighted by molar-refractivity contribution is -0.138. The van der Waals surface area contributed by atoms with Crippen LogP contribution in [0.1, 0.15) is 33.3 Å². The molecule has 2 atom stereocenters. The number of nitrogens with two attached hydrogens (primary N) is 1. The van der Waals surface area contributed by atoms with Crippen LogP contribution in [0.2, 0.25) is 0 Å². The fourth-order valence-electron chi connectivity index (χ4n) is 1.91. The van der Waals surface area contributed by atoms with Gasteiger partial charge in [0.15, 0.2) is 0 Å². The summed E-state index contributed by atoms with van der Waals surface area (Å²) in [5, 5.41) is 0. The summed E-state index contributed by atoms with van der Waals surface area (Å²) < 4.78 is 0. The van der Waals surface area contributed by atoms with E-state index in [4.69, 9.17) is 5.73 Å². The molecule has 0 spiro atoms. The highest BCUT2D eigenvalue weighted by molar-refractivity contribution is 5.87. The molecule has 0 aliphatic carbocycles. The predicted molar refractivity (Wildman–Crippen MR) is 75.1 cm³/mol. The molecule has 0 aliphatic heterocycles. The summed E-state index contributed by atoms with van der Waals surface area (Å²) in [5.41, 5.74) is 6.10. The fourth-order valence-corrected chi connectivity index (χ4v) is 1.91. The average Bonchev–Trinajstić information content (AvgIpc) is 2.36. The van der Waals surface area contributed by atoms with Crippen molar-refractivity contribution in [3.63, 3.8) is 0 Å². The Morgan fingerprint density at radius 3 is 2.17 bits per heavy atom. The summed E-state index contributed by atoms with van der Waals surface area (Å²) in [6.07, 6.45) is 0. The van der Waals surface area contributed by atoms with Gasteiger partial charge in [-0.25, -0.2) is 0 Å². The highest BCUT2D eigenvalue weighted by Gasteiger charge is 2.35. The Bertz CT molecular complexity index is 398. The van der Waals surface area contributed by atoms with Crippen LogP contribution in [-0.4, -0.2) is 23.9 Å². The number of carbonyl (C=O) groups excluding carboxylic acids is 1. The lowest BCUT2D eigenvalue weighted by atomic mass is 9.90. The Morgan fingerprint density at radius 2 is 1.72 bits per heavy atom. The molecule has 1 aromatic rings. The van der Waals surface area contributed by atoms with Gasteiger partial charge in [0, 0.05) is 13.1 Å². The number of likely N-dealkylation sites (N-methyl/N-ethyl adjacent to an activating group) is 1. The summed E-state index contributed by atoms with van der Waals surface area (Å²) in [4.78, 5) is 14.3. The zero-order valence-electron chi connectivity index (χ0n) is 12.0. The van der Waals surface area contributed by atoms with Crippen LogP contribution < -0.4 is 5.73 Å². The normalized spacial score (nSPS) is 16.2. The lowest BCUT2D eigenvalue weighted by Gasteiger charge is -2.35. The van der Waals surface area contributed by atoms with Crippen molar-refractivity contribution in [3.8, 4) is 0 Å². The average molecular weight is 248 g/mol. The third-order valence-electron chi connectivity index (χ3n) is 3.71. The van der Waals surface area contributed by atoms with E-state index < -0.39 is 5.54 Å². The van der Waals surface area contributed by atoms with Crippen LogP contribution in [-0.2, 0) is 10.3 Å². The van der Waals surface area contributed by atoms with Gasteiger partial charge in [0.2, 0.25) is 5.91 Å². The maximum Gasteiger partial charge on any atom is 0.246 e. The van der Waals surface area contributed by atoms with E-state index in [2.05, 4.69) is 13.8 Å². The number of benzene rings is 1. The largest absolute Gasteiger partial charge is 0.341 e. The number of rotatable bonds is 4. The van der Waals surface area contributed by atoms with E-state index in [1.165, 1.54) is 0 Å². The van der Waals surface area contributed by atoms with Gasteiger partial charge >= 0.3 is 0 Å². The van der Waals surface area contributed by atoms with E-state index in [9.17, 15) is 4.79 Å². The van der Waals surface area contributed by atoms with Crippen molar-refractivity contribution in [1.82, 2.24) is 4.90 Å². The number of hydrogen-bond donors (Lipinski definition) is 1. The van der Waals surface area contributed by atoms with Crippen LogP contribution in [0.4, 0.5) is 0 Å². The molecule has 1 amide bonds. The minimum atomic E-state index is -0.973. The van der Waals surface area contributed by atoms with Crippen molar-refractivity contribution in [2.75, 3.05) is 7.05 Å². The zero-order valence-corrected chi connectivity index (χ0v) is 12.0. The molecule has 100 valence electrons. The molecule has 3 heteroatoms. The molecule has 2 unspecified atom stereocenters. The van der Waals surface area contributed by atoms with Crippen molar-refractivity contribution in [2.24, 2.45) is 11.7 Å². The molecule has 1 aromatic carbocycles. The molecule has 0 bridgehead atoms. The topological polar surface area (TPSA) is 46.3 Å². The minimum absolute atomic E-state index is 0.0464. The Hall–Kier alpha value is -1.35. The second-order valence-electron chi connectivity index (χ2n) is 5.47. The molecule has 2 N–H and O–H groups in total. The number of carbonyl (C=O) groups is 1. The van der Waals surface area contributed by atoms with Gasteiger partial charge in [-0.15, -0.1) is 0 Å². The summed E-state index contributed by atoms with van der Waals surface area (Å²) in [6.45, 7) is 8.02. The fraction of sp³-hybridized carbons (Fsp3) is 0.533. The second kappa shape index (κ2) is 5.53. The molecule has 0 radical (unpaired) electrons. The first-order valence-electron chi connectivity index (χ1n) is 6.40. The minimum Gasteiger partial charge on any atom is -0.341 e. The molecule has 0 saturated carbocycles. The van der Waals surface area contributed by atoms with Gasteiger partial charge in [0.05, 0.1) is 0 Å². The van der Waals surface area contributed by atoms with Crippen LogP contribution in [0.3, 0.4) is 0 Å². The highest BCUT2D eigenvalue weighted by Crippen LogP contribution is 2.22. The highest BCUT2D eigenvalue weighted by atomic mass is 16.2. The Morgan fingerprint density at radius 1 is 1.22 bits per heavy atom. The third kappa shape index (κ3) is 2.91. The standard InChI is InChI=1S/C15H24N2O/c1-11(2)12(3)17(5)14(18)15(4,16)13-9-7-6-8-10-13/h6-12H,16H2,1-5H3. The summed E-state index contributed by atoms with van der Waals surface area (Å²) in [5.74, 6) is 0.362. The Labute approximate surface area is 110 Å². The SMILES string of the molecule is CC(C)C(C)N(C)C(=O)C(C)(N)c1ccccc1. The molecular formula is C15H24N2O. The van der Waals surface area contributed by atoms with Crippen LogP contribution in [0.25, 0.3) is 0 Å². The molecule has 0 aliphatic rings. The van der Waals surface area contributed by atoms with Crippen molar-refractivity contribution in [3.05, 3.63) is 35.9 Å². The number of hydrogen-bond acceptors (Lipinski definition) is 2. The van der Waals surface area contributed by atoms with Gasteiger partial charge in [0.1, 0.15) is 5.54 Å². The van der Waals surface area contributed by atoms with E-state index >= 15 is 0 Å². The van der Waals surface area contributed by atoms with Crippen LogP contribution >= 0.6 is 0 Å². The maximum absolute atomic E-state index is 12.5. The number of amides is 1. The summed E-state index contributed by atoms with van der Waals surface area (Å²) in [7, 11) is 1.82. The smallest absolute Gasteiger partial charge is 0.246 e. The Balaban J connectivity index is 2.96. The summed E-state index contributed by atoms with van der Waals surface area (Å²) in [6, 6.07) is 9.69. The van der Waals surface area contributed by atoms with E-state index in [1.54, 1.807) is 11.8 Å². The molecule has 0 fully saturated rings. The van der Waals surface area contributed by atoms with E-state index in [1.807, 2.05) is 44.3 Å². The van der Waals surface area contributed by atoms with Crippen molar-refractivity contribution in [1.29, 1.82) is 0 Å². The monoisotopic (exact) mass is 248 g/mol. The van der Waals surface area contributed by atoms with Gasteiger partial charge in [0.25, 0.3) is 0 Å². The maximum atomic E-state index is 12.5. The van der Waals surface area contributed by atoms with Gasteiger partial charge in [-0.05, 0) is 25.3 Å². The van der Waals surface area contributed by atoms with Crippen LogP contribution in [0.5, 0.6) is 0 Å². The third-order valence-corrected chi connectivity index (χ3v) is 3.71. The van der Waals surface area contributed by atoms with Crippen molar-refractivity contribution in [2.45, 2.75) is 39.3 Å². The quantitative estimate of drug-likeness (QED) is 0.889. The van der Waals surface area contributed by atoms with Crippen molar-refractivity contribution >= 4 is 5.91 Å². The Kier molecular flexibility index (Phi) is 4.52. The van der Waals surface area contributed by atoms with E-state index in [0.29, 0.717) is 5.92 Å². The molecular weight excluding hydrogens is 224 g/mol. The molecule has 0 heterocycles. The zero-order chi connectivity index (χ0) is 13.9. The van der Waals surface area contributed by atoms with Gasteiger partial charge in [-0.1, -0.05) is 44.2 Å². The molecule has 18 heavy (non-hydrogen) atoms. The molecule has 0 saturated heterocycles. The van der Waals surface area contributed by atoms with Crippen molar-refractivity contribution < 1.29 is 4.79 Å². The predicted octanol–water partition coefficient (Wildman–Crippen LogP) is 2.36. The molecule has 3 nitrogen and oxygen atoms in total. The first kappa shape index (κ1) is 14.7. The first-order valence-corrected chi connectivity index (χ1v) is 6.40. The molecule has 0 aromatic heterocycles. The van der Waals surface area contributed by atoms with E-state index in [0.717, 1.165) is 5.56 Å². The first-order chi connectivity index (χ1) is 8.28. The lowest BCUT2D eigenvalue weighted by Crippen LogP contribution is -2.53. The molecule has 1 rings (SSSR count). The van der Waals surface area contributed by atoms with Crippen LogP contribution in [0, 0.1) is 5.92 Å². The van der Waals surface area contributed by atoms with Crippen LogP contribution in [0.15, 0.2) is 30.3 Å².